The van der Waals surface area contributed by atoms with Crippen molar-refractivity contribution in [3.05, 3.63) is 29.6 Å². The molecule has 0 spiro atoms. The average Bonchev–Trinajstić information content (AvgIpc) is 2.36. The zero-order valence-corrected chi connectivity index (χ0v) is 11.6. The van der Waals surface area contributed by atoms with E-state index in [0.29, 0.717) is 0 Å². The summed E-state index contributed by atoms with van der Waals surface area (Å²) in [6.45, 7) is 4.70. The van der Waals surface area contributed by atoms with Gasteiger partial charge in [0.05, 0.1) is 0 Å². The van der Waals surface area contributed by atoms with Crippen LogP contribution in [0.4, 0.5) is 4.39 Å². The summed E-state index contributed by atoms with van der Waals surface area (Å²) in [5.74, 6) is -2.58. The molecule has 6 heteroatoms. The number of carboxylic acid groups (broad SMARTS) is 1. The number of carbonyl (C=O) groups is 2. The van der Waals surface area contributed by atoms with Crippen LogP contribution in [0.5, 0.6) is 5.75 Å². The minimum atomic E-state index is -1.12. The zero-order valence-electron chi connectivity index (χ0n) is 11.6. The normalized spacial score (nSPS) is 12.1. The Morgan fingerprint density at radius 3 is 2.60 bits per heavy atom. The number of hydrogen-bond acceptors (Lipinski definition) is 3. The van der Waals surface area contributed by atoms with E-state index in [1.807, 2.05) is 0 Å². The van der Waals surface area contributed by atoms with Gasteiger partial charge in [-0.1, -0.05) is 19.9 Å². The number of rotatable bonds is 6. The SMILES string of the molecule is Cc1ccc(F)c(OCC(=O)N[C@@H](C(=O)O)C(C)C)c1. The highest BCUT2D eigenvalue weighted by Gasteiger charge is 2.23. The molecule has 0 saturated heterocycles. The van der Waals surface area contributed by atoms with Crippen LogP contribution in [0.2, 0.25) is 0 Å². The van der Waals surface area contributed by atoms with E-state index in [9.17, 15) is 14.0 Å². The van der Waals surface area contributed by atoms with Crippen molar-refractivity contribution in [2.24, 2.45) is 5.92 Å². The van der Waals surface area contributed by atoms with E-state index in [4.69, 9.17) is 9.84 Å². The van der Waals surface area contributed by atoms with E-state index in [1.54, 1.807) is 26.8 Å². The van der Waals surface area contributed by atoms with Gasteiger partial charge in [-0.05, 0) is 30.5 Å². The van der Waals surface area contributed by atoms with Crippen LogP contribution in [0.25, 0.3) is 0 Å². The van der Waals surface area contributed by atoms with E-state index >= 15 is 0 Å². The molecule has 0 unspecified atom stereocenters. The van der Waals surface area contributed by atoms with Crippen molar-refractivity contribution < 1.29 is 23.8 Å². The molecule has 0 aliphatic carbocycles. The molecule has 1 amide bonds. The molecule has 5 nitrogen and oxygen atoms in total. The Morgan fingerprint density at radius 1 is 1.40 bits per heavy atom. The zero-order chi connectivity index (χ0) is 15.3. The number of halogens is 1. The lowest BCUT2D eigenvalue weighted by molar-refractivity contribution is -0.143. The molecule has 0 radical (unpaired) electrons. The van der Waals surface area contributed by atoms with Gasteiger partial charge in [0.1, 0.15) is 6.04 Å². The number of aryl methyl sites for hydroxylation is 1. The second kappa shape index (κ2) is 6.88. The molecule has 0 aliphatic rings. The molecular weight excluding hydrogens is 265 g/mol. The monoisotopic (exact) mass is 283 g/mol. The van der Waals surface area contributed by atoms with Crippen LogP contribution in [-0.4, -0.2) is 29.6 Å². The molecule has 1 atom stereocenters. The fourth-order valence-corrected chi connectivity index (χ4v) is 1.59. The number of hydrogen-bond donors (Lipinski definition) is 2. The van der Waals surface area contributed by atoms with Gasteiger partial charge < -0.3 is 15.2 Å². The molecule has 2 N–H and O–H groups in total. The molecule has 1 rings (SSSR count). The van der Waals surface area contributed by atoms with Crippen LogP contribution in [0.3, 0.4) is 0 Å². The first-order valence-corrected chi connectivity index (χ1v) is 6.22. The topological polar surface area (TPSA) is 75.6 Å². The molecule has 0 fully saturated rings. The molecule has 1 aromatic rings. The molecule has 0 heterocycles. The molecule has 0 saturated carbocycles. The third kappa shape index (κ3) is 4.53. The van der Waals surface area contributed by atoms with Gasteiger partial charge in [-0.2, -0.15) is 0 Å². The van der Waals surface area contributed by atoms with E-state index in [2.05, 4.69) is 5.32 Å². The lowest BCUT2D eigenvalue weighted by atomic mass is 10.1. The molecule has 0 aromatic heterocycles. The first kappa shape index (κ1) is 15.9. The van der Waals surface area contributed by atoms with Crippen LogP contribution in [-0.2, 0) is 9.59 Å². The molecule has 20 heavy (non-hydrogen) atoms. The lowest BCUT2D eigenvalue weighted by Crippen LogP contribution is -2.46. The molecule has 0 bridgehead atoms. The van der Waals surface area contributed by atoms with Gasteiger partial charge in [0.25, 0.3) is 5.91 Å². The van der Waals surface area contributed by atoms with Crippen LogP contribution < -0.4 is 10.1 Å². The van der Waals surface area contributed by atoms with Gasteiger partial charge in [-0.3, -0.25) is 4.79 Å². The molecule has 1 aromatic carbocycles. The number of ether oxygens (including phenoxy) is 1. The number of carboxylic acids is 1. The van der Waals surface area contributed by atoms with Crippen molar-refractivity contribution >= 4 is 11.9 Å². The van der Waals surface area contributed by atoms with Gasteiger partial charge in [-0.15, -0.1) is 0 Å². The van der Waals surface area contributed by atoms with Crippen molar-refractivity contribution in [3.63, 3.8) is 0 Å². The summed E-state index contributed by atoms with van der Waals surface area (Å²) < 4.78 is 18.4. The van der Waals surface area contributed by atoms with Crippen LogP contribution in [0.1, 0.15) is 19.4 Å². The third-order valence-corrected chi connectivity index (χ3v) is 2.69. The minimum absolute atomic E-state index is 0.0310. The predicted octanol–water partition coefficient (Wildman–Crippen LogP) is 1.74. The average molecular weight is 283 g/mol. The van der Waals surface area contributed by atoms with E-state index in [1.165, 1.54) is 12.1 Å². The van der Waals surface area contributed by atoms with Gasteiger partial charge >= 0.3 is 5.97 Å². The van der Waals surface area contributed by atoms with E-state index < -0.39 is 30.3 Å². The fourth-order valence-electron chi connectivity index (χ4n) is 1.59. The van der Waals surface area contributed by atoms with Gasteiger partial charge in [0, 0.05) is 0 Å². The Balaban J connectivity index is 2.59. The highest BCUT2D eigenvalue weighted by molar-refractivity contribution is 5.84. The summed E-state index contributed by atoms with van der Waals surface area (Å²) in [5, 5.41) is 11.3. The maximum absolute atomic E-state index is 13.4. The van der Waals surface area contributed by atoms with Crippen molar-refractivity contribution in [2.45, 2.75) is 26.8 Å². The Kier molecular flexibility index (Phi) is 5.49. The molecule has 110 valence electrons. The summed E-state index contributed by atoms with van der Waals surface area (Å²) in [4.78, 5) is 22.5. The van der Waals surface area contributed by atoms with Crippen LogP contribution in [0, 0.1) is 18.7 Å². The van der Waals surface area contributed by atoms with Gasteiger partial charge in [0.15, 0.2) is 18.2 Å². The van der Waals surface area contributed by atoms with Gasteiger partial charge in [0.2, 0.25) is 0 Å². The maximum Gasteiger partial charge on any atom is 0.326 e. The van der Waals surface area contributed by atoms with Crippen molar-refractivity contribution in [1.29, 1.82) is 0 Å². The lowest BCUT2D eigenvalue weighted by Gasteiger charge is -2.18. The number of aliphatic carboxylic acids is 1. The highest BCUT2D eigenvalue weighted by atomic mass is 19.1. The summed E-state index contributed by atoms with van der Waals surface area (Å²) in [7, 11) is 0. The number of nitrogens with one attached hydrogen (secondary N) is 1. The number of benzene rings is 1. The third-order valence-electron chi connectivity index (χ3n) is 2.69. The maximum atomic E-state index is 13.4. The Bertz CT molecular complexity index is 502. The summed E-state index contributed by atoms with van der Waals surface area (Å²) in [6.07, 6.45) is 0. The number of carbonyl (C=O) groups excluding carboxylic acids is 1. The second-order valence-electron chi connectivity index (χ2n) is 4.85. The summed E-state index contributed by atoms with van der Waals surface area (Å²) in [5.41, 5.74) is 0.799. The summed E-state index contributed by atoms with van der Waals surface area (Å²) >= 11 is 0. The molecule has 0 aliphatic heterocycles. The smallest absolute Gasteiger partial charge is 0.326 e. The van der Waals surface area contributed by atoms with Crippen LogP contribution >= 0.6 is 0 Å². The Morgan fingerprint density at radius 2 is 2.05 bits per heavy atom. The predicted molar refractivity (Wildman–Crippen MR) is 71.0 cm³/mol. The molecular formula is C14H18FNO4. The van der Waals surface area contributed by atoms with Crippen LogP contribution in [0.15, 0.2) is 18.2 Å². The largest absolute Gasteiger partial charge is 0.481 e. The van der Waals surface area contributed by atoms with E-state index in [-0.39, 0.29) is 11.7 Å². The standard InChI is InChI=1S/C14H18FNO4/c1-8(2)13(14(18)19)16-12(17)7-20-11-6-9(3)4-5-10(11)15/h4-6,8,13H,7H2,1-3H3,(H,16,17)(H,18,19)/t13-/m1/s1. The second-order valence-corrected chi connectivity index (χ2v) is 4.85. The highest BCUT2D eigenvalue weighted by Crippen LogP contribution is 2.18. The van der Waals surface area contributed by atoms with Crippen molar-refractivity contribution in [1.82, 2.24) is 5.32 Å². The summed E-state index contributed by atoms with van der Waals surface area (Å²) in [6, 6.07) is 3.31. The first-order chi connectivity index (χ1) is 9.31. The first-order valence-electron chi connectivity index (χ1n) is 6.22. The fraction of sp³-hybridized carbons (Fsp3) is 0.429. The van der Waals surface area contributed by atoms with Gasteiger partial charge in [-0.25, -0.2) is 9.18 Å². The minimum Gasteiger partial charge on any atom is -0.481 e. The quantitative estimate of drug-likeness (QED) is 0.833. The van der Waals surface area contributed by atoms with Crippen molar-refractivity contribution in [2.75, 3.05) is 6.61 Å². The Hall–Kier alpha value is -2.11. The Labute approximate surface area is 116 Å². The number of amides is 1. The van der Waals surface area contributed by atoms with Crippen molar-refractivity contribution in [3.8, 4) is 5.75 Å². The van der Waals surface area contributed by atoms with E-state index in [0.717, 1.165) is 5.56 Å².